The van der Waals surface area contributed by atoms with Crippen molar-refractivity contribution in [1.82, 2.24) is 10.2 Å². The van der Waals surface area contributed by atoms with E-state index in [1.807, 2.05) is 6.07 Å². The molecule has 0 bridgehead atoms. The lowest BCUT2D eigenvalue weighted by atomic mass is 10.1. The molecule has 2 amide bonds. The van der Waals surface area contributed by atoms with Gasteiger partial charge in [-0.15, -0.1) is 0 Å². The number of para-hydroxylation sites is 1. The highest BCUT2D eigenvalue weighted by atomic mass is 16.5. The standard InChI is InChI=1S/C22H25N3O4/c1-16-6-5-7-17(14-16)24-10-12-25(13-11-24)20(26)15-23-22(28)21(27)18-8-3-4-9-19(18)29-2/h3-9,14H,10-13,15H2,1-2H3,(H,23,28). The Hall–Kier alpha value is -3.35. The van der Waals surface area contributed by atoms with Crippen LogP contribution >= 0.6 is 0 Å². The first kappa shape index (κ1) is 20.4. The zero-order valence-electron chi connectivity index (χ0n) is 16.7. The molecule has 0 atom stereocenters. The summed E-state index contributed by atoms with van der Waals surface area (Å²) in [5.74, 6) is -1.41. The average Bonchev–Trinajstić information content (AvgIpc) is 2.76. The summed E-state index contributed by atoms with van der Waals surface area (Å²) >= 11 is 0. The Morgan fingerprint density at radius 2 is 1.72 bits per heavy atom. The smallest absolute Gasteiger partial charge is 0.292 e. The van der Waals surface area contributed by atoms with Crippen LogP contribution in [0.2, 0.25) is 0 Å². The Labute approximate surface area is 170 Å². The van der Waals surface area contributed by atoms with Crippen LogP contribution in [0.4, 0.5) is 5.69 Å². The molecule has 0 aliphatic carbocycles. The average molecular weight is 395 g/mol. The van der Waals surface area contributed by atoms with Gasteiger partial charge in [-0.1, -0.05) is 24.3 Å². The minimum atomic E-state index is -0.818. The van der Waals surface area contributed by atoms with E-state index in [1.54, 1.807) is 23.1 Å². The first-order chi connectivity index (χ1) is 14.0. The topological polar surface area (TPSA) is 78.9 Å². The van der Waals surface area contributed by atoms with Crippen LogP contribution in [0.1, 0.15) is 15.9 Å². The van der Waals surface area contributed by atoms with Gasteiger partial charge >= 0.3 is 0 Å². The molecule has 3 rings (SSSR count). The minimum Gasteiger partial charge on any atom is -0.496 e. The van der Waals surface area contributed by atoms with Crippen LogP contribution in [-0.2, 0) is 9.59 Å². The van der Waals surface area contributed by atoms with Crippen LogP contribution in [0.5, 0.6) is 5.75 Å². The largest absolute Gasteiger partial charge is 0.496 e. The summed E-state index contributed by atoms with van der Waals surface area (Å²) in [6, 6.07) is 14.8. The number of piperazine rings is 1. The molecule has 7 nitrogen and oxygen atoms in total. The highest BCUT2D eigenvalue weighted by Crippen LogP contribution is 2.19. The van der Waals surface area contributed by atoms with Crippen LogP contribution < -0.4 is 15.0 Å². The first-order valence-corrected chi connectivity index (χ1v) is 9.54. The zero-order chi connectivity index (χ0) is 20.8. The fourth-order valence-corrected chi connectivity index (χ4v) is 3.34. The maximum absolute atomic E-state index is 12.4. The van der Waals surface area contributed by atoms with E-state index in [2.05, 4.69) is 35.3 Å². The number of carbonyl (C=O) groups is 3. The molecule has 1 heterocycles. The quantitative estimate of drug-likeness (QED) is 0.594. The molecule has 1 aliphatic rings. The maximum atomic E-state index is 12.4. The van der Waals surface area contributed by atoms with Crippen molar-refractivity contribution in [3.05, 3.63) is 59.7 Å². The molecule has 29 heavy (non-hydrogen) atoms. The highest BCUT2D eigenvalue weighted by Gasteiger charge is 2.24. The number of Topliss-reactive ketones (excluding diaryl/α,β-unsaturated/α-hetero) is 1. The second-order valence-corrected chi connectivity index (χ2v) is 6.92. The fraction of sp³-hybridized carbons (Fsp3) is 0.318. The second kappa shape index (κ2) is 9.23. The molecule has 7 heteroatoms. The summed E-state index contributed by atoms with van der Waals surface area (Å²) in [6.07, 6.45) is 0. The van der Waals surface area contributed by atoms with E-state index < -0.39 is 11.7 Å². The molecule has 0 aromatic heterocycles. The highest BCUT2D eigenvalue weighted by molar-refractivity contribution is 6.43. The van der Waals surface area contributed by atoms with Gasteiger partial charge < -0.3 is 19.9 Å². The van der Waals surface area contributed by atoms with Gasteiger partial charge in [-0.2, -0.15) is 0 Å². The number of amides is 2. The lowest BCUT2D eigenvalue weighted by Crippen LogP contribution is -2.51. The number of ether oxygens (including phenoxy) is 1. The number of aryl methyl sites for hydroxylation is 1. The van der Waals surface area contributed by atoms with Crippen LogP contribution in [0.3, 0.4) is 0 Å². The van der Waals surface area contributed by atoms with Gasteiger partial charge in [0.15, 0.2) is 0 Å². The molecule has 0 unspecified atom stereocenters. The van der Waals surface area contributed by atoms with Crippen molar-refractivity contribution in [1.29, 1.82) is 0 Å². The first-order valence-electron chi connectivity index (χ1n) is 9.54. The van der Waals surface area contributed by atoms with Crippen molar-refractivity contribution >= 4 is 23.3 Å². The van der Waals surface area contributed by atoms with E-state index in [1.165, 1.54) is 18.7 Å². The van der Waals surface area contributed by atoms with Crippen molar-refractivity contribution < 1.29 is 19.1 Å². The van der Waals surface area contributed by atoms with E-state index in [-0.39, 0.29) is 18.0 Å². The number of ketones is 1. The van der Waals surface area contributed by atoms with E-state index in [0.29, 0.717) is 18.8 Å². The van der Waals surface area contributed by atoms with Crippen molar-refractivity contribution in [3.63, 3.8) is 0 Å². The van der Waals surface area contributed by atoms with Gasteiger partial charge in [0.1, 0.15) is 5.75 Å². The molecule has 1 aliphatic heterocycles. The van der Waals surface area contributed by atoms with Crippen LogP contribution in [0, 0.1) is 6.92 Å². The monoisotopic (exact) mass is 395 g/mol. The second-order valence-electron chi connectivity index (χ2n) is 6.92. The van der Waals surface area contributed by atoms with Gasteiger partial charge in [0, 0.05) is 31.9 Å². The lowest BCUT2D eigenvalue weighted by molar-refractivity contribution is -0.132. The van der Waals surface area contributed by atoms with Crippen molar-refractivity contribution in [2.24, 2.45) is 0 Å². The third-order valence-corrected chi connectivity index (χ3v) is 4.96. The predicted octanol–water partition coefficient (Wildman–Crippen LogP) is 1.65. The summed E-state index contributed by atoms with van der Waals surface area (Å²) in [7, 11) is 1.43. The molecule has 1 fully saturated rings. The predicted molar refractivity (Wildman–Crippen MR) is 110 cm³/mol. The van der Waals surface area contributed by atoms with Crippen LogP contribution in [0.25, 0.3) is 0 Å². The number of hydrogen-bond donors (Lipinski definition) is 1. The van der Waals surface area contributed by atoms with E-state index in [4.69, 9.17) is 4.74 Å². The number of anilines is 1. The Morgan fingerprint density at radius 1 is 1.00 bits per heavy atom. The van der Waals surface area contributed by atoms with Gasteiger partial charge in [0.2, 0.25) is 5.91 Å². The van der Waals surface area contributed by atoms with Crippen molar-refractivity contribution in [2.75, 3.05) is 44.7 Å². The van der Waals surface area contributed by atoms with Crippen molar-refractivity contribution in [3.8, 4) is 5.75 Å². The van der Waals surface area contributed by atoms with Gasteiger partial charge in [-0.05, 0) is 36.8 Å². The third-order valence-electron chi connectivity index (χ3n) is 4.96. The molecule has 2 aromatic rings. The van der Waals surface area contributed by atoms with Crippen molar-refractivity contribution in [2.45, 2.75) is 6.92 Å². The molecule has 0 radical (unpaired) electrons. The molecule has 0 saturated carbocycles. The lowest BCUT2D eigenvalue weighted by Gasteiger charge is -2.36. The van der Waals surface area contributed by atoms with Gasteiger partial charge in [0.25, 0.3) is 11.7 Å². The summed E-state index contributed by atoms with van der Waals surface area (Å²) in [5.41, 5.74) is 2.52. The molecule has 152 valence electrons. The summed E-state index contributed by atoms with van der Waals surface area (Å²) in [4.78, 5) is 40.9. The number of benzene rings is 2. The van der Waals surface area contributed by atoms with E-state index in [9.17, 15) is 14.4 Å². The summed E-state index contributed by atoms with van der Waals surface area (Å²) in [5, 5.41) is 2.43. The molecular weight excluding hydrogens is 370 g/mol. The maximum Gasteiger partial charge on any atom is 0.292 e. The number of rotatable bonds is 6. The van der Waals surface area contributed by atoms with Gasteiger partial charge in [-0.25, -0.2) is 0 Å². The number of hydrogen-bond acceptors (Lipinski definition) is 5. The number of nitrogens with zero attached hydrogens (tertiary/aromatic N) is 2. The normalized spacial score (nSPS) is 13.7. The van der Waals surface area contributed by atoms with Gasteiger partial charge in [0.05, 0.1) is 19.2 Å². The SMILES string of the molecule is COc1ccccc1C(=O)C(=O)NCC(=O)N1CCN(c2cccc(C)c2)CC1. The molecule has 0 spiro atoms. The summed E-state index contributed by atoms with van der Waals surface area (Å²) in [6.45, 7) is 4.45. The third kappa shape index (κ3) is 4.93. The molecule has 1 saturated heterocycles. The zero-order valence-corrected chi connectivity index (χ0v) is 16.7. The van der Waals surface area contributed by atoms with Crippen LogP contribution in [0.15, 0.2) is 48.5 Å². The fourth-order valence-electron chi connectivity index (χ4n) is 3.34. The minimum absolute atomic E-state index is 0.173. The number of nitrogens with one attached hydrogen (secondary N) is 1. The molecule has 2 aromatic carbocycles. The molecule has 1 N–H and O–H groups in total. The Kier molecular flexibility index (Phi) is 6.49. The Morgan fingerprint density at radius 3 is 2.41 bits per heavy atom. The van der Waals surface area contributed by atoms with E-state index >= 15 is 0 Å². The molecular formula is C22H25N3O4. The number of methoxy groups -OCH3 is 1. The Bertz CT molecular complexity index is 904. The number of carbonyl (C=O) groups excluding carboxylic acids is 3. The van der Waals surface area contributed by atoms with E-state index in [0.717, 1.165) is 18.8 Å². The summed E-state index contributed by atoms with van der Waals surface area (Å²) < 4.78 is 5.11. The Balaban J connectivity index is 1.50. The van der Waals surface area contributed by atoms with Gasteiger partial charge in [-0.3, -0.25) is 14.4 Å². The van der Waals surface area contributed by atoms with Crippen LogP contribution in [-0.4, -0.2) is 62.3 Å².